The zero-order valence-electron chi connectivity index (χ0n) is 13.6. The first-order chi connectivity index (χ1) is 10.6. The summed E-state index contributed by atoms with van der Waals surface area (Å²) in [4.78, 5) is 0. The van der Waals surface area contributed by atoms with Crippen molar-refractivity contribution in [3.8, 4) is 0 Å². The molecule has 0 aromatic carbocycles. The van der Waals surface area contributed by atoms with Gasteiger partial charge in [-0.3, -0.25) is 9.36 Å². The molecule has 1 aliphatic heterocycles. The molecule has 22 heavy (non-hydrogen) atoms. The number of anilines is 1. The van der Waals surface area contributed by atoms with Crippen LogP contribution in [0.5, 0.6) is 0 Å². The summed E-state index contributed by atoms with van der Waals surface area (Å²) >= 11 is 0. The molecule has 1 saturated heterocycles. The Morgan fingerprint density at radius 1 is 1.27 bits per heavy atom. The van der Waals surface area contributed by atoms with Gasteiger partial charge in [-0.15, -0.1) is 0 Å². The van der Waals surface area contributed by atoms with Gasteiger partial charge in [-0.05, 0) is 33.6 Å². The molecule has 0 radical (unpaired) electrons. The first-order valence-corrected chi connectivity index (χ1v) is 8.06. The Morgan fingerprint density at radius 2 is 2.14 bits per heavy atom. The second-order valence-corrected chi connectivity index (χ2v) is 6.30. The van der Waals surface area contributed by atoms with Crippen LogP contribution in [0.1, 0.15) is 51.3 Å². The van der Waals surface area contributed by atoms with Crippen molar-refractivity contribution in [2.75, 3.05) is 11.9 Å². The molecule has 6 heteroatoms. The quantitative estimate of drug-likeness (QED) is 0.891. The van der Waals surface area contributed by atoms with E-state index in [0.717, 1.165) is 31.7 Å². The number of nitrogens with one attached hydrogen (secondary N) is 1. The molecule has 3 heterocycles. The van der Waals surface area contributed by atoms with Gasteiger partial charge in [0.25, 0.3) is 0 Å². The molecule has 0 spiro atoms. The largest absolute Gasteiger partial charge is 0.376 e. The van der Waals surface area contributed by atoms with E-state index in [0.29, 0.717) is 12.1 Å². The molecule has 0 amide bonds. The van der Waals surface area contributed by atoms with Crippen LogP contribution in [0.4, 0.5) is 5.69 Å². The highest BCUT2D eigenvalue weighted by Crippen LogP contribution is 2.20. The van der Waals surface area contributed by atoms with Crippen LogP contribution < -0.4 is 5.32 Å². The van der Waals surface area contributed by atoms with E-state index in [1.54, 1.807) is 0 Å². The van der Waals surface area contributed by atoms with Crippen LogP contribution in [0.25, 0.3) is 0 Å². The van der Waals surface area contributed by atoms with E-state index in [2.05, 4.69) is 42.5 Å². The van der Waals surface area contributed by atoms with E-state index in [1.165, 1.54) is 5.56 Å². The Hall–Kier alpha value is -1.82. The third kappa shape index (κ3) is 3.50. The molecule has 0 saturated carbocycles. The summed E-state index contributed by atoms with van der Waals surface area (Å²) in [5, 5.41) is 12.3. The van der Waals surface area contributed by atoms with Gasteiger partial charge < -0.3 is 10.1 Å². The van der Waals surface area contributed by atoms with Crippen LogP contribution in [0.15, 0.2) is 24.8 Å². The lowest BCUT2D eigenvalue weighted by Crippen LogP contribution is -2.15. The molecule has 120 valence electrons. The molecule has 1 aliphatic rings. The van der Waals surface area contributed by atoms with Gasteiger partial charge in [0.15, 0.2) is 0 Å². The van der Waals surface area contributed by atoms with Gasteiger partial charge in [0, 0.05) is 30.6 Å². The fourth-order valence-corrected chi connectivity index (χ4v) is 2.73. The smallest absolute Gasteiger partial charge is 0.0771 e. The van der Waals surface area contributed by atoms with E-state index in [4.69, 9.17) is 4.74 Å². The highest BCUT2D eigenvalue weighted by Gasteiger charge is 2.17. The molecule has 0 aliphatic carbocycles. The highest BCUT2D eigenvalue weighted by molar-refractivity contribution is 5.40. The Balaban J connectivity index is 1.58. The Kier molecular flexibility index (Phi) is 4.47. The molecule has 2 atom stereocenters. The van der Waals surface area contributed by atoms with Crippen molar-refractivity contribution >= 4 is 5.69 Å². The number of nitrogens with zero attached hydrogens (tertiary/aromatic N) is 4. The predicted octanol–water partition coefficient (Wildman–Crippen LogP) is 3.01. The third-order valence-corrected chi connectivity index (χ3v) is 4.08. The van der Waals surface area contributed by atoms with Gasteiger partial charge in [0.05, 0.1) is 36.8 Å². The summed E-state index contributed by atoms with van der Waals surface area (Å²) in [6.07, 6.45) is 10.5. The van der Waals surface area contributed by atoms with Crippen LogP contribution in [-0.4, -0.2) is 32.3 Å². The van der Waals surface area contributed by atoms with E-state index in [1.807, 2.05) is 28.0 Å². The summed E-state index contributed by atoms with van der Waals surface area (Å²) in [6, 6.07) is 0.586. The molecule has 0 bridgehead atoms. The SMILES string of the molecule is CC(C)n1cc([C@@H](C)Nc2cnn(C[C@H]3CCCO3)c2)cn1. The molecule has 3 rings (SSSR count). The monoisotopic (exact) mass is 303 g/mol. The van der Waals surface area contributed by atoms with Crippen LogP contribution >= 0.6 is 0 Å². The van der Waals surface area contributed by atoms with E-state index >= 15 is 0 Å². The maximum atomic E-state index is 5.65. The summed E-state index contributed by atoms with van der Waals surface area (Å²) < 4.78 is 9.59. The number of rotatable bonds is 6. The lowest BCUT2D eigenvalue weighted by atomic mass is 10.2. The van der Waals surface area contributed by atoms with Crippen LogP contribution in [0.2, 0.25) is 0 Å². The molecule has 0 unspecified atom stereocenters. The fourth-order valence-electron chi connectivity index (χ4n) is 2.73. The normalized spacial score (nSPS) is 19.7. The van der Waals surface area contributed by atoms with Crippen molar-refractivity contribution in [2.24, 2.45) is 0 Å². The summed E-state index contributed by atoms with van der Waals surface area (Å²) in [6.45, 7) is 8.11. The van der Waals surface area contributed by atoms with Gasteiger partial charge in [-0.2, -0.15) is 10.2 Å². The summed E-state index contributed by atoms with van der Waals surface area (Å²) in [7, 11) is 0. The minimum atomic E-state index is 0.202. The lowest BCUT2D eigenvalue weighted by Gasteiger charge is -2.12. The first kappa shape index (κ1) is 15.1. The van der Waals surface area contributed by atoms with E-state index in [9.17, 15) is 0 Å². The molecule has 1 fully saturated rings. The maximum Gasteiger partial charge on any atom is 0.0771 e. The van der Waals surface area contributed by atoms with Crippen molar-refractivity contribution < 1.29 is 4.74 Å². The lowest BCUT2D eigenvalue weighted by molar-refractivity contribution is 0.0940. The van der Waals surface area contributed by atoms with Gasteiger partial charge in [-0.25, -0.2) is 0 Å². The van der Waals surface area contributed by atoms with Crippen molar-refractivity contribution in [1.29, 1.82) is 0 Å². The van der Waals surface area contributed by atoms with Crippen molar-refractivity contribution in [3.05, 3.63) is 30.4 Å². The first-order valence-electron chi connectivity index (χ1n) is 8.06. The zero-order chi connectivity index (χ0) is 15.5. The molecule has 1 N–H and O–H groups in total. The standard InChI is InChI=1S/C16H25N5O/c1-12(2)21-9-14(7-18-21)13(3)19-15-8-17-20(10-15)11-16-5-4-6-22-16/h7-10,12-13,16,19H,4-6,11H2,1-3H3/t13-,16-/m1/s1. The van der Waals surface area contributed by atoms with Crippen LogP contribution in [-0.2, 0) is 11.3 Å². The second-order valence-electron chi connectivity index (χ2n) is 6.30. The second kappa shape index (κ2) is 6.52. The predicted molar refractivity (Wildman–Crippen MR) is 85.9 cm³/mol. The highest BCUT2D eigenvalue weighted by atomic mass is 16.5. The Morgan fingerprint density at radius 3 is 2.82 bits per heavy atom. The van der Waals surface area contributed by atoms with E-state index < -0.39 is 0 Å². The average molecular weight is 303 g/mol. The molecule has 2 aromatic heterocycles. The summed E-state index contributed by atoms with van der Waals surface area (Å²) in [5.41, 5.74) is 2.21. The minimum Gasteiger partial charge on any atom is -0.376 e. The third-order valence-electron chi connectivity index (χ3n) is 4.08. The van der Waals surface area contributed by atoms with Crippen LogP contribution in [0, 0.1) is 0 Å². The van der Waals surface area contributed by atoms with Gasteiger partial charge in [0.1, 0.15) is 0 Å². The zero-order valence-corrected chi connectivity index (χ0v) is 13.6. The summed E-state index contributed by atoms with van der Waals surface area (Å²) in [5.74, 6) is 0. The maximum absolute atomic E-state index is 5.65. The molecular formula is C16H25N5O. The Labute approximate surface area is 131 Å². The Bertz CT molecular complexity index is 597. The minimum absolute atomic E-state index is 0.202. The number of hydrogen-bond acceptors (Lipinski definition) is 4. The number of aromatic nitrogens is 4. The topological polar surface area (TPSA) is 56.9 Å². The van der Waals surface area contributed by atoms with Gasteiger partial charge in [-0.1, -0.05) is 0 Å². The van der Waals surface area contributed by atoms with Crippen LogP contribution in [0.3, 0.4) is 0 Å². The van der Waals surface area contributed by atoms with Crippen molar-refractivity contribution in [3.63, 3.8) is 0 Å². The van der Waals surface area contributed by atoms with Crippen molar-refractivity contribution in [2.45, 2.75) is 58.3 Å². The molecule has 6 nitrogen and oxygen atoms in total. The van der Waals surface area contributed by atoms with E-state index in [-0.39, 0.29) is 6.04 Å². The molecule has 2 aromatic rings. The number of hydrogen-bond donors (Lipinski definition) is 1. The number of ether oxygens (including phenoxy) is 1. The fraction of sp³-hybridized carbons (Fsp3) is 0.625. The average Bonchev–Trinajstić information content (AvgIpc) is 3.19. The van der Waals surface area contributed by atoms with Crippen molar-refractivity contribution in [1.82, 2.24) is 19.6 Å². The molecular weight excluding hydrogens is 278 g/mol. The van der Waals surface area contributed by atoms with Gasteiger partial charge >= 0.3 is 0 Å². The van der Waals surface area contributed by atoms with Gasteiger partial charge in [0.2, 0.25) is 0 Å².